The molecule has 2 aromatic rings. The van der Waals surface area contributed by atoms with Crippen molar-refractivity contribution in [2.45, 2.75) is 6.18 Å². The zero-order chi connectivity index (χ0) is 14.0. The zero-order valence-electron chi connectivity index (χ0n) is 10.0. The van der Waals surface area contributed by atoms with Gasteiger partial charge in [0.25, 0.3) is 0 Å². The summed E-state index contributed by atoms with van der Waals surface area (Å²) in [5, 5.41) is 0. The average Bonchev–Trinajstić information content (AvgIpc) is 2.37. The third-order valence-electron chi connectivity index (χ3n) is 2.47. The van der Waals surface area contributed by atoms with Crippen LogP contribution in [0.3, 0.4) is 0 Å². The van der Waals surface area contributed by atoms with E-state index in [2.05, 4.69) is 9.97 Å². The minimum absolute atomic E-state index is 0.0889. The van der Waals surface area contributed by atoms with Gasteiger partial charge in [0.05, 0.1) is 0 Å². The maximum Gasteiger partial charge on any atom is 0.451 e. The molecule has 2 N–H and O–H groups in total. The number of anilines is 3. The third-order valence-corrected chi connectivity index (χ3v) is 2.47. The van der Waals surface area contributed by atoms with Crippen LogP contribution < -0.4 is 10.6 Å². The quantitative estimate of drug-likeness (QED) is 0.910. The van der Waals surface area contributed by atoms with Crippen LogP contribution in [0, 0.1) is 0 Å². The predicted molar refractivity (Wildman–Crippen MR) is 66.0 cm³/mol. The van der Waals surface area contributed by atoms with E-state index >= 15 is 0 Å². The highest BCUT2D eigenvalue weighted by molar-refractivity contribution is 5.61. The molecule has 0 unspecified atom stereocenters. The fraction of sp³-hybridized carbons (Fsp3) is 0.167. The van der Waals surface area contributed by atoms with E-state index in [0.29, 0.717) is 5.69 Å². The first-order valence-electron chi connectivity index (χ1n) is 5.38. The number of halogens is 3. The van der Waals surface area contributed by atoms with Crippen LogP contribution in [0.1, 0.15) is 5.82 Å². The van der Waals surface area contributed by atoms with Crippen molar-refractivity contribution in [2.24, 2.45) is 0 Å². The Morgan fingerprint density at radius 1 is 1.11 bits per heavy atom. The maximum absolute atomic E-state index is 12.6. The molecule has 0 spiro atoms. The first-order chi connectivity index (χ1) is 8.88. The second-order valence-corrected chi connectivity index (χ2v) is 3.87. The number of para-hydroxylation sites is 1. The Morgan fingerprint density at radius 3 is 2.32 bits per heavy atom. The summed E-state index contributed by atoms with van der Waals surface area (Å²) in [6.07, 6.45) is -4.62. The number of alkyl halides is 3. The second-order valence-electron chi connectivity index (χ2n) is 3.87. The first kappa shape index (κ1) is 13.1. The van der Waals surface area contributed by atoms with Gasteiger partial charge in [0.2, 0.25) is 5.82 Å². The lowest BCUT2D eigenvalue weighted by Crippen LogP contribution is -2.17. The zero-order valence-corrected chi connectivity index (χ0v) is 10.0. The number of rotatable bonds is 2. The van der Waals surface area contributed by atoms with Crippen molar-refractivity contribution in [3.05, 3.63) is 42.2 Å². The van der Waals surface area contributed by atoms with Gasteiger partial charge in [-0.1, -0.05) is 18.2 Å². The molecule has 0 atom stereocenters. The highest BCUT2D eigenvalue weighted by Gasteiger charge is 2.35. The van der Waals surface area contributed by atoms with E-state index in [-0.39, 0.29) is 11.6 Å². The van der Waals surface area contributed by atoms with Gasteiger partial charge in [0, 0.05) is 18.8 Å². The summed E-state index contributed by atoms with van der Waals surface area (Å²) >= 11 is 0. The maximum atomic E-state index is 12.6. The van der Waals surface area contributed by atoms with Crippen LogP contribution in [0.2, 0.25) is 0 Å². The van der Waals surface area contributed by atoms with Crippen LogP contribution in [0.4, 0.5) is 30.5 Å². The molecule has 0 aliphatic rings. The molecule has 0 bridgehead atoms. The predicted octanol–water partition coefficient (Wildman–Crippen LogP) is 2.85. The molecule has 0 saturated heterocycles. The van der Waals surface area contributed by atoms with Gasteiger partial charge in [0.15, 0.2) is 0 Å². The van der Waals surface area contributed by atoms with Crippen LogP contribution >= 0.6 is 0 Å². The fourth-order valence-electron chi connectivity index (χ4n) is 1.54. The Bertz CT molecular complexity index is 569. The van der Waals surface area contributed by atoms with Gasteiger partial charge in [-0.15, -0.1) is 0 Å². The van der Waals surface area contributed by atoms with E-state index in [4.69, 9.17) is 5.73 Å². The number of nitrogens with zero attached hydrogens (tertiary/aromatic N) is 3. The van der Waals surface area contributed by atoms with E-state index in [0.717, 1.165) is 0 Å². The van der Waals surface area contributed by atoms with Gasteiger partial charge in [-0.05, 0) is 12.1 Å². The van der Waals surface area contributed by atoms with E-state index < -0.39 is 12.0 Å². The largest absolute Gasteiger partial charge is 0.451 e. The van der Waals surface area contributed by atoms with Crippen LogP contribution in [0.5, 0.6) is 0 Å². The van der Waals surface area contributed by atoms with E-state index in [9.17, 15) is 13.2 Å². The van der Waals surface area contributed by atoms with Crippen molar-refractivity contribution < 1.29 is 13.2 Å². The summed E-state index contributed by atoms with van der Waals surface area (Å²) in [5.41, 5.74) is 6.10. The summed E-state index contributed by atoms with van der Waals surface area (Å²) in [4.78, 5) is 8.19. The molecule has 1 aromatic carbocycles. The van der Waals surface area contributed by atoms with E-state index in [1.54, 1.807) is 31.3 Å². The van der Waals surface area contributed by atoms with Crippen LogP contribution in [-0.4, -0.2) is 17.0 Å². The van der Waals surface area contributed by atoms with Crippen LogP contribution in [0.15, 0.2) is 36.4 Å². The lowest BCUT2D eigenvalue weighted by atomic mass is 10.3. The SMILES string of the molecule is CN(c1ccccc1)c1cc(N)nc(C(F)(F)F)n1. The molecule has 1 aromatic heterocycles. The Kier molecular flexibility index (Phi) is 3.28. The van der Waals surface area contributed by atoms with Gasteiger partial charge in [0.1, 0.15) is 11.6 Å². The van der Waals surface area contributed by atoms with Gasteiger partial charge in [-0.25, -0.2) is 9.97 Å². The molecule has 0 radical (unpaired) electrons. The first-order valence-corrected chi connectivity index (χ1v) is 5.38. The van der Waals surface area contributed by atoms with Gasteiger partial charge >= 0.3 is 6.18 Å². The van der Waals surface area contributed by atoms with Crippen molar-refractivity contribution in [3.63, 3.8) is 0 Å². The average molecular weight is 268 g/mol. The minimum atomic E-state index is -4.62. The highest BCUT2D eigenvalue weighted by atomic mass is 19.4. The van der Waals surface area contributed by atoms with Crippen molar-refractivity contribution >= 4 is 17.3 Å². The van der Waals surface area contributed by atoms with Crippen molar-refractivity contribution in [2.75, 3.05) is 17.7 Å². The smallest absolute Gasteiger partial charge is 0.384 e. The summed E-state index contributed by atoms with van der Waals surface area (Å²) < 4.78 is 37.8. The molecular weight excluding hydrogens is 257 g/mol. The van der Waals surface area contributed by atoms with Crippen LogP contribution in [-0.2, 0) is 6.18 Å². The van der Waals surface area contributed by atoms with Gasteiger partial charge in [-0.3, -0.25) is 0 Å². The number of benzene rings is 1. The molecule has 0 fully saturated rings. The van der Waals surface area contributed by atoms with Gasteiger partial charge < -0.3 is 10.6 Å². The van der Waals surface area contributed by atoms with E-state index in [1.165, 1.54) is 11.0 Å². The number of nitrogens with two attached hydrogens (primary N) is 1. The molecule has 1 heterocycles. The molecule has 0 saturated carbocycles. The third kappa shape index (κ3) is 2.93. The van der Waals surface area contributed by atoms with Crippen molar-refractivity contribution in [3.8, 4) is 0 Å². The van der Waals surface area contributed by atoms with Crippen molar-refractivity contribution in [1.82, 2.24) is 9.97 Å². The molecule has 100 valence electrons. The van der Waals surface area contributed by atoms with Gasteiger partial charge in [-0.2, -0.15) is 13.2 Å². The number of hydrogen-bond acceptors (Lipinski definition) is 4. The molecule has 19 heavy (non-hydrogen) atoms. The standard InChI is InChI=1S/C12H11F3N4/c1-19(8-5-3-2-4-6-8)10-7-9(16)17-11(18-10)12(13,14)15/h2-7H,1H3,(H2,16,17,18). The topological polar surface area (TPSA) is 55.0 Å². The summed E-state index contributed by atoms with van der Waals surface area (Å²) in [6.45, 7) is 0. The minimum Gasteiger partial charge on any atom is -0.384 e. The molecule has 0 aliphatic carbocycles. The number of hydrogen-bond donors (Lipinski definition) is 1. The molecular formula is C12H11F3N4. The molecule has 2 rings (SSSR count). The Labute approximate surface area is 107 Å². The van der Waals surface area contributed by atoms with Crippen LogP contribution in [0.25, 0.3) is 0 Å². The number of nitrogen functional groups attached to an aromatic ring is 1. The Hall–Kier alpha value is -2.31. The Balaban J connectivity index is 2.43. The summed E-state index contributed by atoms with van der Waals surface area (Å²) in [7, 11) is 1.61. The summed E-state index contributed by atoms with van der Waals surface area (Å²) in [5.74, 6) is -1.38. The lowest BCUT2D eigenvalue weighted by molar-refractivity contribution is -0.144. The summed E-state index contributed by atoms with van der Waals surface area (Å²) in [6, 6.07) is 10.2. The fourth-order valence-corrected chi connectivity index (χ4v) is 1.54. The molecule has 4 nitrogen and oxygen atoms in total. The Morgan fingerprint density at radius 2 is 1.74 bits per heavy atom. The normalized spacial score (nSPS) is 11.4. The molecule has 0 amide bonds. The molecule has 0 aliphatic heterocycles. The second kappa shape index (κ2) is 4.75. The number of aromatic nitrogens is 2. The highest BCUT2D eigenvalue weighted by Crippen LogP contribution is 2.30. The monoisotopic (exact) mass is 268 g/mol. The van der Waals surface area contributed by atoms with E-state index in [1.807, 2.05) is 6.07 Å². The lowest BCUT2D eigenvalue weighted by Gasteiger charge is -2.19. The van der Waals surface area contributed by atoms with Crippen molar-refractivity contribution in [1.29, 1.82) is 0 Å². The molecule has 7 heteroatoms.